The van der Waals surface area contributed by atoms with Gasteiger partial charge in [0.1, 0.15) is 24.3 Å². The fourth-order valence-electron chi connectivity index (χ4n) is 3.14. The van der Waals surface area contributed by atoms with Gasteiger partial charge >= 0.3 is 11.9 Å². The van der Waals surface area contributed by atoms with E-state index in [1.54, 1.807) is 12.2 Å². The smallest absolute Gasteiger partial charge is 0.329 e. The monoisotopic (exact) mass is 380 g/mol. The number of rotatable bonds is 6. The molecular formula is C22H24N2O4. The number of hydrogen-bond acceptors (Lipinski definition) is 6. The topological polar surface area (TPSA) is 105 Å². The number of esters is 2. The normalized spacial score (nSPS) is 23.8. The van der Waals surface area contributed by atoms with E-state index in [-0.39, 0.29) is 26.1 Å². The van der Waals surface area contributed by atoms with Gasteiger partial charge in [0.2, 0.25) is 0 Å². The zero-order valence-corrected chi connectivity index (χ0v) is 15.5. The lowest BCUT2D eigenvalue weighted by Gasteiger charge is -2.42. The second kappa shape index (κ2) is 8.37. The zero-order chi connectivity index (χ0) is 20.0. The molecule has 4 N–H and O–H groups in total. The van der Waals surface area contributed by atoms with Gasteiger partial charge in [-0.05, 0) is 24.0 Å². The van der Waals surface area contributed by atoms with Crippen LogP contribution in [0.5, 0.6) is 0 Å². The van der Waals surface area contributed by atoms with Crippen molar-refractivity contribution in [3.63, 3.8) is 0 Å². The van der Waals surface area contributed by atoms with E-state index < -0.39 is 23.0 Å². The van der Waals surface area contributed by atoms with Gasteiger partial charge in [0, 0.05) is 0 Å². The molecule has 6 nitrogen and oxygen atoms in total. The number of ether oxygens (including phenoxy) is 2. The summed E-state index contributed by atoms with van der Waals surface area (Å²) >= 11 is 0. The highest BCUT2D eigenvalue weighted by Crippen LogP contribution is 2.33. The molecule has 0 aliphatic heterocycles. The molecule has 0 fully saturated rings. The van der Waals surface area contributed by atoms with E-state index in [2.05, 4.69) is 0 Å². The van der Waals surface area contributed by atoms with Gasteiger partial charge in [0.25, 0.3) is 0 Å². The van der Waals surface area contributed by atoms with Crippen LogP contribution >= 0.6 is 0 Å². The molecule has 0 saturated carbocycles. The second-order valence-electron chi connectivity index (χ2n) is 6.95. The van der Waals surface area contributed by atoms with Crippen molar-refractivity contribution in [1.29, 1.82) is 0 Å². The Bertz CT molecular complexity index is 782. The summed E-state index contributed by atoms with van der Waals surface area (Å²) in [6.07, 6.45) is 3.66. The van der Waals surface area contributed by atoms with E-state index in [1.807, 2.05) is 60.7 Å². The lowest BCUT2D eigenvalue weighted by atomic mass is 9.70. The first kappa shape index (κ1) is 19.8. The highest BCUT2D eigenvalue weighted by molar-refractivity contribution is 5.95. The van der Waals surface area contributed by atoms with Crippen molar-refractivity contribution < 1.29 is 19.1 Å². The van der Waals surface area contributed by atoms with E-state index in [0.29, 0.717) is 0 Å². The molecule has 1 aliphatic rings. The van der Waals surface area contributed by atoms with Crippen LogP contribution in [0.4, 0.5) is 0 Å². The molecule has 0 saturated heterocycles. The molecule has 0 heterocycles. The molecule has 0 aromatic heterocycles. The molecule has 2 atom stereocenters. The minimum Gasteiger partial charge on any atom is -0.459 e. The van der Waals surface area contributed by atoms with E-state index in [4.69, 9.17) is 20.9 Å². The SMILES string of the molecule is NC1(C(=O)OCc2ccccc2)CC=CCC1(N)C(=O)OCc1ccccc1. The molecular weight excluding hydrogens is 356 g/mol. The molecule has 0 spiro atoms. The highest BCUT2D eigenvalue weighted by Gasteiger charge is 2.58. The number of hydrogen-bond donors (Lipinski definition) is 2. The molecule has 2 aromatic rings. The van der Waals surface area contributed by atoms with Gasteiger partial charge in [-0.15, -0.1) is 0 Å². The van der Waals surface area contributed by atoms with Crippen molar-refractivity contribution in [3.05, 3.63) is 83.9 Å². The largest absolute Gasteiger partial charge is 0.459 e. The van der Waals surface area contributed by atoms with Crippen molar-refractivity contribution >= 4 is 11.9 Å². The highest BCUT2D eigenvalue weighted by atomic mass is 16.5. The molecule has 0 radical (unpaired) electrons. The lowest BCUT2D eigenvalue weighted by Crippen LogP contribution is -2.74. The third kappa shape index (κ3) is 3.98. The fourth-order valence-corrected chi connectivity index (χ4v) is 3.14. The molecule has 3 rings (SSSR count). The van der Waals surface area contributed by atoms with Crippen LogP contribution in [-0.2, 0) is 32.3 Å². The fraction of sp³-hybridized carbons (Fsp3) is 0.273. The summed E-state index contributed by atoms with van der Waals surface area (Å²) < 4.78 is 10.8. The molecule has 0 amide bonds. The Kier molecular flexibility index (Phi) is 5.92. The number of nitrogens with two attached hydrogens (primary N) is 2. The van der Waals surface area contributed by atoms with E-state index in [9.17, 15) is 9.59 Å². The average Bonchev–Trinajstić information content (AvgIpc) is 2.73. The Morgan fingerprint density at radius 2 is 1.07 bits per heavy atom. The van der Waals surface area contributed by atoms with Crippen molar-refractivity contribution in [2.45, 2.75) is 37.1 Å². The summed E-state index contributed by atoms with van der Waals surface area (Å²) in [6, 6.07) is 18.5. The van der Waals surface area contributed by atoms with Crippen molar-refractivity contribution in [3.8, 4) is 0 Å². The maximum absolute atomic E-state index is 12.8. The van der Waals surface area contributed by atoms with Crippen LogP contribution in [0.15, 0.2) is 72.8 Å². The number of carbonyl (C=O) groups excluding carboxylic acids is 2. The van der Waals surface area contributed by atoms with Gasteiger partial charge in [-0.3, -0.25) is 0 Å². The average molecular weight is 380 g/mol. The van der Waals surface area contributed by atoms with Crippen LogP contribution in [0.2, 0.25) is 0 Å². The predicted molar refractivity (Wildman–Crippen MR) is 105 cm³/mol. The van der Waals surface area contributed by atoms with Crippen LogP contribution < -0.4 is 11.5 Å². The van der Waals surface area contributed by atoms with Crippen LogP contribution in [0.3, 0.4) is 0 Å². The molecule has 2 aromatic carbocycles. The second-order valence-corrected chi connectivity index (χ2v) is 6.95. The molecule has 28 heavy (non-hydrogen) atoms. The van der Waals surface area contributed by atoms with Crippen molar-refractivity contribution in [2.24, 2.45) is 11.5 Å². The van der Waals surface area contributed by atoms with Crippen molar-refractivity contribution in [2.75, 3.05) is 0 Å². The van der Waals surface area contributed by atoms with E-state index >= 15 is 0 Å². The Morgan fingerprint density at radius 3 is 1.43 bits per heavy atom. The summed E-state index contributed by atoms with van der Waals surface area (Å²) in [5, 5.41) is 0. The maximum Gasteiger partial charge on any atom is 0.329 e. The molecule has 2 unspecified atom stereocenters. The first-order valence-corrected chi connectivity index (χ1v) is 9.11. The Balaban J connectivity index is 1.72. The molecule has 0 bridgehead atoms. The predicted octanol–water partition coefficient (Wildman–Crippen LogP) is 2.22. The first-order chi connectivity index (χ1) is 13.5. The van der Waals surface area contributed by atoms with Crippen LogP contribution in [-0.4, -0.2) is 23.0 Å². The summed E-state index contributed by atoms with van der Waals surface area (Å²) in [7, 11) is 0. The van der Waals surface area contributed by atoms with E-state index in [0.717, 1.165) is 11.1 Å². The Labute approximate surface area is 164 Å². The number of benzene rings is 2. The van der Waals surface area contributed by atoms with Gasteiger partial charge in [0.05, 0.1) is 0 Å². The third-order valence-corrected chi connectivity index (χ3v) is 5.00. The molecule has 6 heteroatoms. The van der Waals surface area contributed by atoms with Gasteiger partial charge in [-0.25, -0.2) is 9.59 Å². The first-order valence-electron chi connectivity index (χ1n) is 9.11. The van der Waals surface area contributed by atoms with Gasteiger partial charge < -0.3 is 20.9 Å². The van der Waals surface area contributed by atoms with Crippen molar-refractivity contribution in [1.82, 2.24) is 0 Å². The summed E-state index contributed by atoms with van der Waals surface area (Å²) in [5.74, 6) is -1.44. The quantitative estimate of drug-likeness (QED) is 0.588. The Morgan fingerprint density at radius 1 is 0.714 bits per heavy atom. The zero-order valence-electron chi connectivity index (χ0n) is 15.5. The summed E-state index contributed by atoms with van der Waals surface area (Å²) in [4.78, 5) is 25.6. The van der Waals surface area contributed by atoms with Gasteiger partial charge in [-0.1, -0.05) is 72.8 Å². The third-order valence-electron chi connectivity index (χ3n) is 5.00. The summed E-state index contributed by atoms with van der Waals surface area (Å²) in [6.45, 7) is 0.106. The van der Waals surface area contributed by atoms with Gasteiger partial charge in [-0.2, -0.15) is 0 Å². The van der Waals surface area contributed by atoms with Gasteiger partial charge in [0.15, 0.2) is 0 Å². The minimum atomic E-state index is -1.70. The van der Waals surface area contributed by atoms with Crippen LogP contribution in [0.25, 0.3) is 0 Å². The molecule has 1 aliphatic carbocycles. The number of carbonyl (C=O) groups is 2. The molecule has 146 valence electrons. The van der Waals surface area contributed by atoms with E-state index in [1.165, 1.54) is 0 Å². The van der Waals surface area contributed by atoms with Crippen LogP contribution in [0.1, 0.15) is 24.0 Å². The Hall–Kier alpha value is -2.96. The summed E-state index contributed by atoms with van der Waals surface area (Å²) in [5.41, 5.74) is 11.0. The minimum absolute atomic E-state index is 0.0531. The lowest BCUT2D eigenvalue weighted by molar-refractivity contribution is -0.166. The van der Waals surface area contributed by atoms with Crippen LogP contribution in [0, 0.1) is 0 Å². The standard InChI is InChI=1S/C22H24N2O4/c23-21(19(25)27-15-17-9-3-1-4-10-17)13-7-8-14-22(21,24)20(26)28-16-18-11-5-2-6-12-18/h1-12H,13-16,23-24H2. The maximum atomic E-state index is 12.8.